The van der Waals surface area contributed by atoms with Crippen molar-refractivity contribution in [3.63, 3.8) is 0 Å². The number of aromatic nitrogens is 1. The Bertz CT molecular complexity index is 1160. The zero-order chi connectivity index (χ0) is 22.5. The van der Waals surface area contributed by atoms with Gasteiger partial charge in [-0.2, -0.15) is 5.26 Å². The first-order chi connectivity index (χ1) is 15.5. The first-order valence-corrected chi connectivity index (χ1v) is 10.6. The molecule has 6 nitrogen and oxygen atoms in total. The van der Waals surface area contributed by atoms with Gasteiger partial charge in [0.15, 0.2) is 5.78 Å². The van der Waals surface area contributed by atoms with Crippen LogP contribution in [0.3, 0.4) is 0 Å². The minimum absolute atomic E-state index is 0.0674. The number of carbonyl (C=O) groups excluding carboxylic acids is 2. The van der Waals surface area contributed by atoms with Crippen molar-refractivity contribution in [3.05, 3.63) is 94.8 Å². The number of hydrogen-bond donors (Lipinski definition) is 1. The smallest absolute Gasteiger partial charge is 0.257 e. The Labute approximate surface area is 187 Å². The van der Waals surface area contributed by atoms with E-state index >= 15 is 0 Å². The first-order valence-electron chi connectivity index (χ1n) is 10.6. The molecule has 3 aromatic rings. The molecular formula is C26H24N4O2. The predicted molar refractivity (Wildman–Crippen MR) is 122 cm³/mol. The molecule has 1 heterocycles. The van der Waals surface area contributed by atoms with Gasteiger partial charge >= 0.3 is 0 Å². The lowest BCUT2D eigenvalue weighted by Crippen LogP contribution is -2.25. The maximum atomic E-state index is 12.7. The monoisotopic (exact) mass is 424 g/mol. The lowest BCUT2D eigenvalue weighted by molar-refractivity contribution is 0.101. The highest BCUT2D eigenvalue weighted by Crippen LogP contribution is 2.30. The first kappa shape index (κ1) is 21.4. The normalized spacial score (nSPS) is 12.9. The zero-order valence-electron chi connectivity index (χ0n) is 17.9. The van der Waals surface area contributed by atoms with Crippen LogP contribution in [0.5, 0.6) is 0 Å². The van der Waals surface area contributed by atoms with Crippen LogP contribution in [0.2, 0.25) is 0 Å². The van der Waals surface area contributed by atoms with E-state index in [9.17, 15) is 9.59 Å². The molecule has 1 aliphatic carbocycles. The number of Topliss-reactive ketones (excluding diaryl/α,β-unsaturated/α-hetero) is 1. The van der Waals surface area contributed by atoms with Crippen LogP contribution in [0.1, 0.15) is 57.2 Å². The van der Waals surface area contributed by atoms with Crippen LogP contribution in [-0.4, -0.2) is 27.6 Å². The summed E-state index contributed by atoms with van der Waals surface area (Å²) in [6.07, 6.45) is 5.69. The number of anilines is 1. The Hall–Kier alpha value is -3.82. The molecule has 0 aliphatic heterocycles. The highest BCUT2D eigenvalue weighted by molar-refractivity contribution is 6.04. The third-order valence-corrected chi connectivity index (χ3v) is 5.52. The van der Waals surface area contributed by atoms with Gasteiger partial charge in [0.2, 0.25) is 0 Å². The Kier molecular flexibility index (Phi) is 6.39. The maximum Gasteiger partial charge on any atom is 0.257 e. The van der Waals surface area contributed by atoms with Crippen molar-refractivity contribution < 1.29 is 9.59 Å². The number of amides is 1. The zero-order valence-corrected chi connectivity index (χ0v) is 17.9. The lowest BCUT2D eigenvalue weighted by atomic mass is 10.1. The highest BCUT2D eigenvalue weighted by Gasteiger charge is 2.29. The van der Waals surface area contributed by atoms with E-state index < -0.39 is 0 Å². The van der Waals surface area contributed by atoms with E-state index in [-0.39, 0.29) is 11.7 Å². The summed E-state index contributed by atoms with van der Waals surface area (Å²) in [7, 11) is 0. The van der Waals surface area contributed by atoms with E-state index in [1.54, 1.807) is 43.6 Å². The summed E-state index contributed by atoms with van der Waals surface area (Å²) in [5.74, 6) is -0.167. The number of pyridine rings is 1. The summed E-state index contributed by atoms with van der Waals surface area (Å²) < 4.78 is 0. The topological polar surface area (TPSA) is 86.1 Å². The van der Waals surface area contributed by atoms with Gasteiger partial charge in [-0.1, -0.05) is 24.3 Å². The second kappa shape index (κ2) is 9.54. The molecule has 1 aliphatic rings. The standard InChI is InChI=1S/C26H24N4O2/c1-18(31)22-6-2-20(3-7-22)16-30(25-10-11-25)17-21-12-23(15-28-14-21)26(32)29-24-8-4-19(13-27)5-9-24/h2-9,12,14-15,25H,10-11,16-17H2,1H3,(H,29,32). The maximum absolute atomic E-state index is 12.7. The molecule has 1 fully saturated rings. The van der Waals surface area contributed by atoms with Gasteiger partial charge in [0.1, 0.15) is 0 Å². The Morgan fingerprint density at radius 1 is 1.00 bits per heavy atom. The van der Waals surface area contributed by atoms with E-state index in [1.807, 2.05) is 30.3 Å². The Morgan fingerprint density at radius 3 is 2.31 bits per heavy atom. The van der Waals surface area contributed by atoms with Gasteiger partial charge in [-0.05, 0) is 61.2 Å². The number of rotatable bonds is 8. The van der Waals surface area contributed by atoms with Gasteiger partial charge in [0.05, 0.1) is 17.2 Å². The second-order valence-electron chi connectivity index (χ2n) is 8.11. The van der Waals surface area contributed by atoms with Crippen molar-refractivity contribution in [1.29, 1.82) is 5.26 Å². The van der Waals surface area contributed by atoms with Gasteiger partial charge in [-0.15, -0.1) is 0 Å². The molecule has 1 N–H and O–H groups in total. The fourth-order valence-corrected chi connectivity index (χ4v) is 3.60. The number of ketones is 1. The number of hydrogen-bond acceptors (Lipinski definition) is 5. The minimum atomic E-state index is -0.234. The lowest BCUT2D eigenvalue weighted by Gasteiger charge is -2.22. The van der Waals surface area contributed by atoms with Crippen molar-refractivity contribution in [2.45, 2.75) is 38.9 Å². The van der Waals surface area contributed by atoms with Crippen LogP contribution in [0.25, 0.3) is 0 Å². The van der Waals surface area contributed by atoms with Crippen molar-refractivity contribution >= 4 is 17.4 Å². The molecular weight excluding hydrogens is 400 g/mol. The molecule has 0 unspecified atom stereocenters. The van der Waals surface area contributed by atoms with Crippen LogP contribution in [0.15, 0.2) is 67.0 Å². The SMILES string of the molecule is CC(=O)c1ccc(CN(Cc2cncc(C(=O)Nc3ccc(C#N)cc3)c2)C2CC2)cc1. The van der Waals surface area contributed by atoms with Gasteiger partial charge < -0.3 is 5.32 Å². The molecule has 160 valence electrons. The molecule has 1 amide bonds. The molecule has 0 saturated heterocycles. The fourth-order valence-electron chi connectivity index (χ4n) is 3.60. The summed E-state index contributed by atoms with van der Waals surface area (Å²) in [4.78, 5) is 30.8. The van der Waals surface area contributed by atoms with E-state index in [0.29, 0.717) is 29.4 Å². The van der Waals surface area contributed by atoms with Crippen LogP contribution >= 0.6 is 0 Å². The fraction of sp³-hybridized carbons (Fsp3) is 0.231. The van der Waals surface area contributed by atoms with Gasteiger partial charge in [0.25, 0.3) is 5.91 Å². The summed E-state index contributed by atoms with van der Waals surface area (Å²) in [5.41, 5.74) is 4.52. The summed E-state index contributed by atoms with van der Waals surface area (Å²) in [6, 6.07) is 19.0. The van der Waals surface area contributed by atoms with Crippen LogP contribution in [0.4, 0.5) is 5.69 Å². The van der Waals surface area contributed by atoms with Crippen molar-refractivity contribution in [1.82, 2.24) is 9.88 Å². The average molecular weight is 425 g/mol. The van der Waals surface area contributed by atoms with Gasteiger partial charge in [-0.3, -0.25) is 19.5 Å². The van der Waals surface area contributed by atoms with Crippen molar-refractivity contribution in [2.75, 3.05) is 5.32 Å². The average Bonchev–Trinajstić information content (AvgIpc) is 3.65. The quantitative estimate of drug-likeness (QED) is 0.535. The number of carbonyl (C=O) groups is 2. The Balaban J connectivity index is 1.43. The molecule has 32 heavy (non-hydrogen) atoms. The molecule has 6 heteroatoms. The van der Waals surface area contributed by atoms with E-state index in [2.05, 4.69) is 21.3 Å². The molecule has 0 bridgehead atoms. The second-order valence-corrected chi connectivity index (χ2v) is 8.11. The van der Waals surface area contributed by atoms with Gasteiger partial charge in [-0.25, -0.2) is 0 Å². The van der Waals surface area contributed by atoms with Crippen molar-refractivity contribution in [3.8, 4) is 6.07 Å². The largest absolute Gasteiger partial charge is 0.322 e. The molecule has 4 rings (SSSR count). The number of benzene rings is 2. The number of nitrogens with zero attached hydrogens (tertiary/aromatic N) is 3. The van der Waals surface area contributed by atoms with Crippen molar-refractivity contribution in [2.24, 2.45) is 0 Å². The Morgan fingerprint density at radius 2 is 1.69 bits per heavy atom. The molecule has 0 atom stereocenters. The third-order valence-electron chi connectivity index (χ3n) is 5.52. The summed E-state index contributed by atoms with van der Waals surface area (Å²) in [6.45, 7) is 3.05. The van der Waals surface area contributed by atoms with Crippen LogP contribution in [-0.2, 0) is 13.1 Å². The van der Waals surface area contributed by atoms with E-state index in [0.717, 1.165) is 36.1 Å². The van der Waals surface area contributed by atoms with E-state index in [4.69, 9.17) is 5.26 Å². The van der Waals surface area contributed by atoms with Crippen LogP contribution < -0.4 is 5.32 Å². The minimum Gasteiger partial charge on any atom is -0.322 e. The number of nitriles is 1. The highest BCUT2D eigenvalue weighted by atomic mass is 16.1. The molecule has 0 radical (unpaired) electrons. The van der Waals surface area contributed by atoms with E-state index in [1.165, 1.54) is 0 Å². The van der Waals surface area contributed by atoms with Crippen LogP contribution in [0, 0.1) is 11.3 Å². The summed E-state index contributed by atoms with van der Waals surface area (Å²) >= 11 is 0. The molecule has 1 aromatic heterocycles. The molecule has 1 saturated carbocycles. The molecule has 0 spiro atoms. The molecule has 2 aromatic carbocycles. The number of nitrogens with one attached hydrogen (secondary N) is 1. The summed E-state index contributed by atoms with van der Waals surface area (Å²) in [5, 5.41) is 11.7. The predicted octanol–water partition coefficient (Wildman–Crippen LogP) is 4.57. The third kappa shape index (κ3) is 5.45. The van der Waals surface area contributed by atoms with Gasteiger partial charge in [0, 0.05) is 42.8 Å².